The molecule has 1 aliphatic heterocycles. The Morgan fingerprint density at radius 1 is 1.50 bits per heavy atom. The summed E-state index contributed by atoms with van der Waals surface area (Å²) in [5.41, 5.74) is 2.58. The summed E-state index contributed by atoms with van der Waals surface area (Å²) in [5, 5.41) is 2.98. The highest BCUT2D eigenvalue weighted by Gasteiger charge is 2.21. The van der Waals surface area contributed by atoms with Gasteiger partial charge in [-0.2, -0.15) is 0 Å². The van der Waals surface area contributed by atoms with Crippen LogP contribution in [0.5, 0.6) is 0 Å². The van der Waals surface area contributed by atoms with E-state index in [1.165, 1.54) is 11.1 Å². The Morgan fingerprint density at radius 3 is 3.00 bits per heavy atom. The second-order valence-electron chi connectivity index (χ2n) is 3.76. The van der Waals surface area contributed by atoms with Gasteiger partial charge in [-0.25, -0.2) is 0 Å². The van der Waals surface area contributed by atoms with Crippen molar-refractivity contribution in [2.45, 2.75) is 32.2 Å². The zero-order valence-corrected chi connectivity index (χ0v) is 8.42. The lowest BCUT2D eigenvalue weighted by molar-refractivity contribution is -0.119. The van der Waals surface area contributed by atoms with E-state index < -0.39 is 0 Å². The van der Waals surface area contributed by atoms with Crippen molar-refractivity contribution in [3.63, 3.8) is 0 Å². The lowest BCUT2D eigenvalue weighted by Crippen LogP contribution is -2.18. The van der Waals surface area contributed by atoms with E-state index in [2.05, 4.69) is 36.5 Å². The molecule has 1 N–H and O–H groups in total. The Kier molecular flexibility index (Phi) is 2.53. The molecule has 0 aliphatic carbocycles. The first kappa shape index (κ1) is 9.25. The van der Waals surface area contributed by atoms with Crippen LogP contribution in [-0.2, 0) is 11.2 Å². The monoisotopic (exact) mass is 189 g/mol. The number of carbonyl (C=O) groups excluding carboxylic acids is 1. The van der Waals surface area contributed by atoms with Crippen molar-refractivity contribution in [1.29, 1.82) is 0 Å². The van der Waals surface area contributed by atoms with E-state index in [-0.39, 0.29) is 11.9 Å². The molecule has 2 nitrogen and oxygen atoms in total. The van der Waals surface area contributed by atoms with Crippen LogP contribution in [0.2, 0.25) is 0 Å². The van der Waals surface area contributed by atoms with E-state index in [0.717, 1.165) is 12.8 Å². The second-order valence-corrected chi connectivity index (χ2v) is 3.76. The van der Waals surface area contributed by atoms with Crippen molar-refractivity contribution < 1.29 is 4.79 Å². The van der Waals surface area contributed by atoms with E-state index in [0.29, 0.717) is 6.42 Å². The van der Waals surface area contributed by atoms with Gasteiger partial charge in [-0.05, 0) is 24.0 Å². The van der Waals surface area contributed by atoms with E-state index in [9.17, 15) is 4.79 Å². The Balaban J connectivity index is 2.19. The molecule has 0 saturated carbocycles. The van der Waals surface area contributed by atoms with Gasteiger partial charge < -0.3 is 5.32 Å². The average Bonchev–Trinajstić information content (AvgIpc) is 2.65. The Morgan fingerprint density at radius 2 is 2.36 bits per heavy atom. The molecule has 1 aromatic rings. The molecule has 74 valence electrons. The molecule has 1 unspecified atom stereocenters. The number of aryl methyl sites for hydroxylation is 1. The zero-order valence-electron chi connectivity index (χ0n) is 8.42. The minimum absolute atomic E-state index is 0.178. The molecular weight excluding hydrogens is 174 g/mol. The van der Waals surface area contributed by atoms with Crippen molar-refractivity contribution in [3.05, 3.63) is 35.4 Å². The van der Waals surface area contributed by atoms with E-state index in [1.54, 1.807) is 0 Å². The topological polar surface area (TPSA) is 29.1 Å². The molecule has 1 amide bonds. The number of nitrogens with one attached hydrogen (secondary N) is 1. The van der Waals surface area contributed by atoms with Gasteiger partial charge in [0.15, 0.2) is 0 Å². The molecular formula is C12H15NO. The summed E-state index contributed by atoms with van der Waals surface area (Å²) >= 11 is 0. The van der Waals surface area contributed by atoms with Crippen LogP contribution in [0.15, 0.2) is 24.3 Å². The van der Waals surface area contributed by atoms with Gasteiger partial charge in [0.05, 0.1) is 6.04 Å². The molecule has 1 aromatic carbocycles. The van der Waals surface area contributed by atoms with Crippen molar-refractivity contribution in [2.75, 3.05) is 0 Å². The standard InChI is InChI=1S/C12H15NO/c1-2-9-4-3-5-10(8-9)11-6-7-12(14)13-11/h3-5,8,11H,2,6-7H2,1H3,(H,13,14). The predicted molar refractivity (Wildman–Crippen MR) is 55.9 cm³/mol. The molecule has 1 atom stereocenters. The van der Waals surface area contributed by atoms with E-state index >= 15 is 0 Å². The van der Waals surface area contributed by atoms with Gasteiger partial charge in [0, 0.05) is 6.42 Å². The fourth-order valence-corrected chi connectivity index (χ4v) is 1.89. The number of rotatable bonds is 2. The van der Waals surface area contributed by atoms with Gasteiger partial charge in [0.25, 0.3) is 0 Å². The van der Waals surface area contributed by atoms with Crippen LogP contribution in [0.25, 0.3) is 0 Å². The molecule has 1 heterocycles. The first-order valence-electron chi connectivity index (χ1n) is 5.18. The van der Waals surface area contributed by atoms with Crippen LogP contribution in [0.4, 0.5) is 0 Å². The summed E-state index contributed by atoms with van der Waals surface area (Å²) in [6.07, 6.45) is 2.65. The molecule has 2 rings (SSSR count). The highest BCUT2D eigenvalue weighted by Crippen LogP contribution is 2.24. The molecule has 1 saturated heterocycles. The third-order valence-corrected chi connectivity index (χ3v) is 2.76. The van der Waals surface area contributed by atoms with Gasteiger partial charge >= 0.3 is 0 Å². The molecule has 1 fully saturated rings. The number of benzene rings is 1. The molecule has 0 radical (unpaired) electrons. The van der Waals surface area contributed by atoms with Crippen molar-refractivity contribution in [1.82, 2.24) is 5.32 Å². The van der Waals surface area contributed by atoms with E-state index in [4.69, 9.17) is 0 Å². The summed E-state index contributed by atoms with van der Waals surface area (Å²) in [4.78, 5) is 11.1. The Bertz CT molecular complexity index is 346. The summed E-state index contributed by atoms with van der Waals surface area (Å²) in [7, 11) is 0. The fourth-order valence-electron chi connectivity index (χ4n) is 1.89. The molecule has 14 heavy (non-hydrogen) atoms. The normalized spacial score (nSPS) is 20.9. The summed E-state index contributed by atoms with van der Waals surface area (Å²) in [6, 6.07) is 8.72. The first-order chi connectivity index (χ1) is 6.79. The highest BCUT2D eigenvalue weighted by atomic mass is 16.1. The van der Waals surface area contributed by atoms with Crippen molar-refractivity contribution in [3.8, 4) is 0 Å². The fraction of sp³-hybridized carbons (Fsp3) is 0.417. The molecule has 0 aromatic heterocycles. The minimum atomic E-state index is 0.178. The number of carbonyl (C=O) groups is 1. The van der Waals surface area contributed by atoms with Gasteiger partial charge in [0.2, 0.25) is 5.91 Å². The largest absolute Gasteiger partial charge is 0.349 e. The SMILES string of the molecule is CCc1cccc(C2CCC(=O)N2)c1. The number of hydrogen-bond donors (Lipinski definition) is 1. The van der Waals surface area contributed by atoms with Crippen molar-refractivity contribution >= 4 is 5.91 Å². The maximum absolute atomic E-state index is 11.1. The van der Waals surface area contributed by atoms with Gasteiger partial charge in [-0.1, -0.05) is 31.2 Å². The minimum Gasteiger partial charge on any atom is -0.349 e. The lowest BCUT2D eigenvalue weighted by Gasteiger charge is -2.11. The third-order valence-electron chi connectivity index (χ3n) is 2.76. The van der Waals surface area contributed by atoms with Gasteiger partial charge in [-0.15, -0.1) is 0 Å². The quantitative estimate of drug-likeness (QED) is 0.759. The molecule has 0 bridgehead atoms. The first-order valence-corrected chi connectivity index (χ1v) is 5.18. The number of amides is 1. The lowest BCUT2D eigenvalue weighted by atomic mass is 10.0. The maximum atomic E-state index is 11.1. The van der Waals surface area contributed by atoms with Crippen LogP contribution in [0, 0.1) is 0 Å². The maximum Gasteiger partial charge on any atom is 0.220 e. The zero-order chi connectivity index (χ0) is 9.97. The smallest absolute Gasteiger partial charge is 0.220 e. The second kappa shape index (κ2) is 3.82. The average molecular weight is 189 g/mol. The Hall–Kier alpha value is -1.31. The third kappa shape index (κ3) is 1.79. The predicted octanol–water partition coefficient (Wildman–Crippen LogP) is 2.20. The highest BCUT2D eigenvalue weighted by molar-refractivity contribution is 5.78. The van der Waals surface area contributed by atoms with Crippen LogP contribution in [-0.4, -0.2) is 5.91 Å². The Labute approximate surface area is 84.3 Å². The molecule has 0 spiro atoms. The van der Waals surface area contributed by atoms with Crippen LogP contribution in [0.1, 0.15) is 36.9 Å². The van der Waals surface area contributed by atoms with E-state index in [1.807, 2.05) is 0 Å². The van der Waals surface area contributed by atoms with Gasteiger partial charge in [-0.3, -0.25) is 4.79 Å². The van der Waals surface area contributed by atoms with Crippen LogP contribution < -0.4 is 5.32 Å². The van der Waals surface area contributed by atoms with Gasteiger partial charge in [0.1, 0.15) is 0 Å². The van der Waals surface area contributed by atoms with Crippen LogP contribution >= 0.6 is 0 Å². The molecule has 2 heteroatoms. The summed E-state index contributed by atoms with van der Waals surface area (Å²) < 4.78 is 0. The number of hydrogen-bond acceptors (Lipinski definition) is 1. The summed E-state index contributed by atoms with van der Waals surface area (Å²) in [5.74, 6) is 0.178. The molecule has 1 aliphatic rings. The van der Waals surface area contributed by atoms with Crippen LogP contribution in [0.3, 0.4) is 0 Å². The summed E-state index contributed by atoms with van der Waals surface area (Å²) in [6.45, 7) is 2.15. The van der Waals surface area contributed by atoms with Crippen molar-refractivity contribution in [2.24, 2.45) is 0 Å².